The number of hydrogen-bond donors (Lipinski definition) is 0. The van der Waals surface area contributed by atoms with Crippen LogP contribution in [0.4, 0.5) is 17.1 Å². The molecule has 11 rings (SSSR count). The maximum absolute atomic E-state index is 6.57. The van der Waals surface area contributed by atoms with E-state index in [4.69, 9.17) is 19.4 Å². The smallest absolute Gasteiger partial charge is 0.164 e. The first kappa shape index (κ1) is 35.0. The first-order chi connectivity index (χ1) is 29.7. The highest BCUT2D eigenvalue weighted by Gasteiger charge is 2.20. The molecule has 0 amide bonds. The zero-order valence-corrected chi connectivity index (χ0v) is 32.5. The van der Waals surface area contributed by atoms with Gasteiger partial charge in [-0.25, -0.2) is 15.0 Å². The fourth-order valence-electron chi connectivity index (χ4n) is 8.22. The summed E-state index contributed by atoms with van der Waals surface area (Å²) in [5, 5.41) is 4.46. The van der Waals surface area contributed by atoms with E-state index < -0.39 is 0 Å². The van der Waals surface area contributed by atoms with Crippen LogP contribution in [0.1, 0.15) is 0 Å². The molecule has 9 aromatic carbocycles. The molecule has 282 valence electrons. The Morgan fingerprint density at radius 1 is 0.317 bits per heavy atom. The summed E-state index contributed by atoms with van der Waals surface area (Å²) in [6.45, 7) is 0. The third kappa shape index (κ3) is 6.45. The molecule has 0 N–H and O–H groups in total. The fourth-order valence-corrected chi connectivity index (χ4v) is 8.22. The van der Waals surface area contributed by atoms with E-state index >= 15 is 0 Å². The number of hydrogen-bond acceptors (Lipinski definition) is 5. The summed E-state index contributed by atoms with van der Waals surface area (Å²) < 4.78 is 6.57. The molecule has 0 aliphatic rings. The standard InChI is InChI=1S/C55H36N4O/c1-4-16-40(17-5-1)53-56-54(41-18-6-2-7-19-41)58-55(57-53)49-35-42(36-51-52(49)48-24-12-13-26-50(48)60-51)37-27-31-44(32-28-37)59(43-21-8-3-9-22-43)45-33-29-39(30-34-45)47-25-14-20-38-15-10-11-23-46(38)47/h1-36H. The molecule has 0 bridgehead atoms. The van der Waals surface area contributed by atoms with Crippen LogP contribution in [-0.4, -0.2) is 15.0 Å². The van der Waals surface area contributed by atoms with Gasteiger partial charge in [-0.1, -0.05) is 164 Å². The molecule has 0 aliphatic heterocycles. The van der Waals surface area contributed by atoms with E-state index in [9.17, 15) is 0 Å². The second kappa shape index (κ2) is 15.0. The van der Waals surface area contributed by atoms with Crippen molar-refractivity contribution >= 4 is 49.8 Å². The average Bonchev–Trinajstić information content (AvgIpc) is 3.71. The highest BCUT2D eigenvalue weighted by atomic mass is 16.3. The van der Waals surface area contributed by atoms with Gasteiger partial charge in [-0.2, -0.15) is 0 Å². The van der Waals surface area contributed by atoms with E-state index in [0.717, 1.165) is 66.8 Å². The van der Waals surface area contributed by atoms with E-state index in [0.29, 0.717) is 17.5 Å². The molecule has 2 heterocycles. The Bertz CT molecular complexity index is 3230. The second-order valence-corrected chi connectivity index (χ2v) is 14.8. The number of rotatable bonds is 8. The van der Waals surface area contributed by atoms with Gasteiger partial charge in [0.25, 0.3) is 0 Å². The van der Waals surface area contributed by atoms with Crippen molar-refractivity contribution in [3.8, 4) is 56.4 Å². The largest absolute Gasteiger partial charge is 0.456 e. The van der Waals surface area contributed by atoms with E-state index in [1.54, 1.807) is 0 Å². The monoisotopic (exact) mass is 768 g/mol. The van der Waals surface area contributed by atoms with Gasteiger partial charge in [0.2, 0.25) is 0 Å². The quantitative estimate of drug-likeness (QED) is 0.154. The molecule has 2 aromatic heterocycles. The maximum Gasteiger partial charge on any atom is 0.164 e. The molecule has 60 heavy (non-hydrogen) atoms. The van der Waals surface area contributed by atoms with Crippen LogP contribution in [-0.2, 0) is 0 Å². The van der Waals surface area contributed by atoms with Crippen molar-refractivity contribution in [3.05, 3.63) is 218 Å². The third-order valence-electron chi connectivity index (χ3n) is 11.1. The Morgan fingerprint density at radius 2 is 0.833 bits per heavy atom. The molecular formula is C55H36N4O. The van der Waals surface area contributed by atoms with Gasteiger partial charge >= 0.3 is 0 Å². The Morgan fingerprint density at radius 3 is 1.50 bits per heavy atom. The van der Waals surface area contributed by atoms with Crippen LogP contribution in [0.15, 0.2) is 223 Å². The van der Waals surface area contributed by atoms with Gasteiger partial charge in [0.1, 0.15) is 11.2 Å². The number of benzene rings is 9. The fraction of sp³-hybridized carbons (Fsp3) is 0. The molecule has 5 nitrogen and oxygen atoms in total. The van der Waals surface area contributed by atoms with Crippen molar-refractivity contribution < 1.29 is 4.42 Å². The normalized spacial score (nSPS) is 11.3. The highest BCUT2D eigenvalue weighted by Crippen LogP contribution is 2.42. The summed E-state index contributed by atoms with van der Waals surface area (Å²) in [6.07, 6.45) is 0. The van der Waals surface area contributed by atoms with Crippen molar-refractivity contribution in [1.29, 1.82) is 0 Å². The molecule has 0 fully saturated rings. The molecule has 0 spiro atoms. The van der Waals surface area contributed by atoms with E-state index in [1.807, 2.05) is 78.9 Å². The lowest BCUT2D eigenvalue weighted by atomic mass is 9.97. The van der Waals surface area contributed by atoms with Crippen molar-refractivity contribution in [2.24, 2.45) is 0 Å². The van der Waals surface area contributed by atoms with Gasteiger partial charge in [0, 0.05) is 44.5 Å². The molecule has 0 unspecified atom stereocenters. The maximum atomic E-state index is 6.57. The lowest BCUT2D eigenvalue weighted by molar-refractivity contribution is 0.669. The molecule has 0 saturated heterocycles. The van der Waals surface area contributed by atoms with E-state index in [-0.39, 0.29) is 0 Å². The van der Waals surface area contributed by atoms with Crippen molar-refractivity contribution in [2.45, 2.75) is 0 Å². The number of furan rings is 1. The van der Waals surface area contributed by atoms with Crippen LogP contribution < -0.4 is 4.90 Å². The summed E-state index contributed by atoms with van der Waals surface area (Å²) >= 11 is 0. The second-order valence-electron chi connectivity index (χ2n) is 14.8. The number of nitrogens with zero attached hydrogens (tertiary/aromatic N) is 4. The molecule has 5 heteroatoms. The van der Waals surface area contributed by atoms with Crippen LogP contribution >= 0.6 is 0 Å². The van der Waals surface area contributed by atoms with Crippen LogP contribution in [0.2, 0.25) is 0 Å². The number of aromatic nitrogens is 3. The van der Waals surface area contributed by atoms with Crippen molar-refractivity contribution in [3.63, 3.8) is 0 Å². The van der Waals surface area contributed by atoms with E-state index in [2.05, 4.69) is 144 Å². The van der Waals surface area contributed by atoms with E-state index in [1.165, 1.54) is 21.9 Å². The lowest BCUT2D eigenvalue weighted by Crippen LogP contribution is -2.09. The zero-order valence-electron chi connectivity index (χ0n) is 32.5. The predicted molar refractivity (Wildman–Crippen MR) is 246 cm³/mol. The summed E-state index contributed by atoms with van der Waals surface area (Å²) in [4.78, 5) is 17.6. The molecule has 0 saturated carbocycles. The molecular weight excluding hydrogens is 733 g/mol. The molecule has 11 aromatic rings. The first-order valence-electron chi connectivity index (χ1n) is 20.1. The van der Waals surface area contributed by atoms with Crippen molar-refractivity contribution in [1.82, 2.24) is 15.0 Å². The summed E-state index contributed by atoms with van der Waals surface area (Å²) in [7, 11) is 0. The van der Waals surface area contributed by atoms with Gasteiger partial charge < -0.3 is 9.32 Å². The number of anilines is 3. The minimum Gasteiger partial charge on any atom is -0.456 e. The Hall–Kier alpha value is -8.15. The first-order valence-corrected chi connectivity index (χ1v) is 20.1. The Balaban J connectivity index is 1.03. The minimum atomic E-state index is 0.583. The predicted octanol–water partition coefficient (Wildman–Crippen LogP) is 14.7. The van der Waals surface area contributed by atoms with Gasteiger partial charge in [0.15, 0.2) is 17.5 Å². The SMILES string of the molecule is c1ccc(-c2nc(-c3ccccc3)nc(-c3cc(-c4ccc(N(c5ccccc5)c5ccc(-c6cccc7ccccc67)cc5)cc4)cc4oc5ccccc5c34)n2)cc1. The van der Waals surface area contributed by atoms with Gasteiger partial charge in [-0.15, -0.1) is 0 Å². The summed E-state index contributed by atoms with van der Waals surface area (Å²) in [6, 6.07) is 75.8. The Labute approximate surface area is 347 Å². The topological polar surface area (TPSA) is 55.1 Å². The summed E-state index contributed by atoms with van der Waals surface area (Å²) in [5.74, 6) is 1.81. The minimum absolute atomic E-state index is 0.583. The average molecular weight is 769 g/mol. The summed E-state index contributed by atoms with van der Waals surface area (Å²) in [5.41, 5.74) is 11.9. The molecule has 0 radical (unpaired) electrons. The molecule has 0 atom stereocenters. The number of para-hydroxylation sites is 2. The highest BCUT2D eigenvalue weighted by molar-refractivity contribution is 6.13. The number of fused-ring (bicyclic) bond motifs is 4. The van der Waals surface area contributed by atoms with Crippen LogP contribution in [0.5, 0.6) is 0 Å². The van der Waals surface area contributed by atoms with Crippen LogP contribution in [0, 0.1) is 0 Å². The van der Waals surface area contributed by atoms with Gasteiger partial charge in [-0.05, 0) is 87.6 Å². The van der Waals surface area contributed by atoms with Crippen molar-refractivity contribution in [2.75, 3.05) is 4.90 Å². The zero-order chi connectivity index (χ0) is 39.8. The van der Waals surface area contributed by atoms with Gasteiger partial charge in [0.05, 0.1) is 0 Å². The lowest BCUT2D eigenvalue weighted by Gasteiger charge is -2.26. The molecule has 0 aliphatic carbocycles. The van der Waals surface area contributed by atoms with Crippen LogP contribution in [0.3, 0.4) is 0 Å². The third-order valence-corrected chi connectivity index (χ3v) is 11.1. The van der Waals surface area contributed by atoms with Crippen LogP contribution in [0.25, 0.3) is 89.1 Å². The van der Waals surface area contributed by atoms with Gasteiger partial charge in [-0.3, -0.25) is 0 Å². The Kier molecular flexibility index (Phi) is 8.75.